The zero-order valence-corrected chi connectivity index (χ0v) is 9.71. The van der Waals surface area contributed by atoms with Crippen LogP contribution in [0.25, 0.3) is 0 Å². The highest BCUT2D eigenvalue weighted by Gasteiger charge is 2.13. The van der Waals surface area contributed by atoms with Crippen molar-refractivity contribution in [3.05, 3.63) is 18.3 Å². The maximum atomic E-state index is 10.9. The van der Waals surface area contributed by atoms with Crippen LogP contribution in [-0.2, 0) is 10.0 Å². The molecule has 2 N–H and O–H groups in total. The van der Waals surface area contributed by atoms with E-state index in [0.717, 1.165) is 0 Å². The van der Waals surface area contributed by atoms with Crippen molar-refractivity contribution in [1.29, 1.82) is 0 Å². The molecule has 0 radical (unpaired) electrons. The minimum absolute atomic E-state index is 0.0243. The Bertz CT molecular complexity index is 431. The van der Waals surface area contributed by atoms with Gasteiger partial charge in [-0.1, -0.05) is 0 Å². The molecule has 0 aliphatic carbocycles. The molecule has 0 unspecified atom stereocenters. The minimum Gasteiger partial charge on any atom is -0.472 e. The molecule has 0 saturated heterocycles. The van der Waals surface area contributed by atoms with Gasteiger partial charge in [-0.05, 0) is 26.8 Å². The number of nitrogens with two attached hydrogens (primary N) is 1. The number of nitrogens with zero attached hydrogens (tertiary/aromatic N) is 1. The summed E-state index contributed by atoms with van der Waals surface area (Å²) in [6.07, 6.45) is 1.18. The predicted octanol–water partition coefficient (Wildman–Crippen LogP) is 0.906. The number of rotatable bonds is 2. The predicted molar refractivity (Wildman–Crippen MR) is 56.0 cm³/mol. The van der Waals surface area contributed by atoms with Crippen molar-refractivity contribution in [2.45, 2.75) is 31.3 Å². The first-order chi connectivity index (χ1) is 6.68. The maximum absolute atomic E-state index is 10.9. The fourth-order valence-electron chi connectivity index (χ4n) is 0.909. The molecule has 0 atom stereocenters. The average Bonchev–Trinajstić information content (AvgIpc) is 2.00. The van der Waals surface area contributed by atoms with Gasteiger partial charge in [0.15, 0.2) is 0 Å². The lowest BCUT2D eigenvalue weighted by molar-refractivity contribution is 0.124. The van der Waals surface area contributed by atoms with E-state index in [0.29, 0.717) is 5.88 Å². The number of primary sulfonamides is 1. The molecule has 5 nitrogen and oxygen atoms in total. The van der Waals surface area contributed by atoms with Crippen LogP contribution in [0.3, 0.4) is 0 Å². The molecule has 0 spiro atoms. The maximum Gasteiger partial charge on any atom is 0.239 e. The topological polar surface area (TPSA) is 82.3 Å². The van der Waals surface area contributed by atoms with Gasteiger partial charge in [-0.3, -0.25) is 0 Å². The van der Waals surface area contributed by atoms with Crippen LogP contribution in [0.4, 0.5) is 0 Å². The van der Waals surface area contributed by atoms with E-state index >= 15 is 0 Å². The second-order valence-electron chi connectivity index (χ2n) is 4.09. The summed E-state index contributed by atoms with van der Waals surface area (Å²) >= 11 is 0. The van der Waals surface area contributed by atoms with Gasteiger partial charge in [0.25, 0.3) is 0 Å². The number of hydrogen-bond donors (Lipinski definition) is 1. The Kier molecular flexibility index (Phi) is 3.01. The lowest BCUT2D eigenvalue weighted by Gasteiger charge is -2.20. The fourth-order valence-corrected chi connectivity index (χ4v) is 1.37. The zero-order valence-electron chi connectivity index (χ0n) is 8.89. The molecule has 0 aromatic carbocycles. The van der Waals surface area contributed by atoms with Crippen LogP contribution in [0.2, 0.25) is 0 Å². The van der Waals surface area contributed by atoms with Crippen LogP contribution in [0.5, 0.6) is 5.88 Å². The summed E-state index contributed by atoms with van der Waals surface area (Å²) in [5.74, 6) is 0.370. The Hall–Kier alpha value is -1.14. The molecule has 0 aliphatic heterocycles. The van der Waals surface area contributed by atoms with Gasteiger partial charge in [-0.15, -0.1) is 0 Å². The smallest absolute Gasteiger partial charge is 0.239 e. The lowest BCUT2D eigenvalue weighted by atomic mass is 10.2. The minimum atomic E-state index is -3.68. The monoisotopic (exact) mass is 230 g/mol. The highest BCUT2D eigenvalue weighted by molar-refractivity contribution is 7.89. The number of aromatic nitrogens is 1. The van der Waals surface area contributed by atoms with E-state index in [-0.39, 0.29) is 10.5 Å². The Balaban J connectivity index is 2.92. The standard InChI is InChI=1S/C9H14N2O3S/c1-9(2,3)14-8-5-4-7(6-11-8)15(10,12)13/h4-6H,1-3H3,(H2,10,12,13). The van der Waals surface area contributed by atoms with E-state index in [1.165, 1.54) is 18.3 Å². The fraction of sp³-hybridized carbons (Fsp3) is 0.444. The van der Waals surface area contributed by atoms with Crippen molar-refractivity contribution in [3.63, 3.8) is 0 Å². The quantitative estimate of drug-likeness (QED) is 0.818. The third kappa shape index (κ3) is 3.85. The van der Waals surface area contributed by atoms with E-state index in [1.807, 2.05) is 20.8 Å². The molecular weight excluding hydrogens is 216 g/mol. The molecule has 0 aliphatic rings. The highest BCUT2D eigenvalue weighted by atomic mass is 32.2. The van der Waals surface area contributed by atoms with Gasteiger partial charge >= 0.3 is 0 Å². The van der Waals surface area contributed by atoms with Crippen LogP contribution in [-0.4, -0.2) is 19.0 Å². The van der Waals surface area contributed by atoms with Crippen molar-refractivity contribution in [2.24, 2.45) is 5.14 Å². The summed E-state index contributed by atoms with van der Waals surface area (Å²) in [6.45, 7) is 5.63. The van der Waals surface area contributed by atoms with Gasteiger partial charge < -0.3 is 4.74 Å². The summed E-state index contributed by atoms with van der Waals surface area (Å²) in [5.41, 5.74) is -0.365. The van der Waals surface area contributed by atoms with E-state index in [1.54, 1.807) is 0 Å². The number of ether oxygens (including phenoxy) is 1. The zero-order chi connectivity index (χ0) is 11.7. The Morgan fingerprint density at radius 2 is 1.93 bits per heavy atom. The van der Waals surface area contributed by atoms with Gasteiger partial charge in [0.2, 0.25) is 15.9 Å². The molecule has 84 valence electrons. The molecule has 1 aromatic rings. The summed E-state index contributed by atoms with van der Waals surface area (Å²) < 4.78 is 27.3. The second kappa shape index (κ2) is 3.79. The Labute approximate surface area is 89.3 Å². The molecule has 6 heteroatoms. The molecule has 0 bridgehead atoms. The largest absolute Gasteiger partial charge is 0.472 e. The number of hydrogen-bond acceptors (Lipinski definition) is 4. The summed E-state index contributed by atoms with van der Waals surface area (Å²) in [4.78, 5) is 3.82. The Morgan fingerprint density at radius 1 is 1.33 bits per heavy atom. The first kappa shape index (κ1) is 11.9. The van der Waals surface area contributed by atoms with Crippen LogP contribution in [0, 0.1) is 0 Å². The van der Waals surface area contributed by atoms with E-state index < -0.39 is 10.0 Å². The molecule has 1 heterocycles. The molecule has 1 aromatic heterocycles. The van der Waals surface area contributed by atoms with Crippen LogP contribution in [0.15, 0.2) is 23.2 Å². The lowest BCUT2D eigenvalue weighted by Crippen LogP contribution is -2.23. The van der Waals surface area contributed by atoms with Crippen LogP contribution >= 0.6 is 0 Å². The SMILES string of the molecule is CC(C)(C)Oc1ccc(S(N)(=O)=O)cn1. The number of pyridine rings is 1. The van der Waals surface area contributed by atoms with Gasteiger partial charge in [0.1, 0.15) is 10.5 Å². The van der Waals surface area contributed by atoms with Gasteiger partial charge in [0, 0.05) is 6.07 Å². The second-order valence-corrected chi connectivity index (χ2v) is 5.65. The first-order valence-corrected chi connectivity index (χ1v) is 5.91. The van der Waals surface area contributed by atoms with Gasteiger partial charge in [0.05, 0.1) is 6.20 Å². The molecular formula is C9H14N2O3S. The molecule has 0 fully saturated rings. The van der Waals surface area contributed by atoms with Crippen molar-refractivity contribution in [1.82, 2.24) is 4.98 Å². The first-order valence-electron chi connectivity index (χ1n) is 4.36. The third-order valence-corrected chi connectivity index (χ3v) is 2.35. The van der Waals surface area contributed by atoms with Crippen LogP contribution < -0.4 is 9.88 Å². The van der Waals surface area contributed by atoms with Gasteiger partial charge in [-0.25, -0.2) is 18.5 Å². The normalized spacial score (nSPS) is 12.5. The Morgan fingerprint density at radius 3 is 2.27 bits per heavy atom. The summed E-state index contributed by atoms with van der Waals surface area (Å²) in [7, 11) is -3.68. The third-order valence-electron chi connectivity index (χ3n) is 1.45. The van der Waals surface area contributed by atoms with Crippen LogP contribution in [0.1, 0.15) is 20.8 Å². The van der Waals surface area contributed by atoms with Crippen molar-refractivity contribution in [2.75, 3.05) is 0 Å². The van der Waals surface area contributed by atoms with Crippen molar-refractivity contribution < 1.29 is 13.2 Å². The van der Waals surface area contributed by atoms with Crippen molar-refractivity contribution >= 4 is 10.0 Å². The van der Waals surface area contributed by atoms with E-state index in [4.69, 9.17) is 9.88 Å². The summed E-state index contributed by atoms with van der Waals surface area (Å²) in [6, 6.07) is 2.84. The van der Waals surface area contributed by atoms with Gasteiger partial charge in [-0.2, -0.15) is 0 Å². The average molecular weight is 230 g/mol. The highest BCUT2D eigenvalue weighted by Crippen LogP contribution is 2.16. The summed E-state index contributed by atoms with van der Waals surface area (Å²) in [5, 5.41) is 4.93. The molecule has 1 rings (SSSR count). The number of sulfonamides is 1. The molecule has 0 amide bonds. The molecule has 15 heavy (non-hydrogen) atoms. The van der Waals surface area contributed by atoms with Crippen molar-refractivity contribution in [3.8, 4) is 5.88 Å². The molecule has 0 saturated carbocycles. The van der Waals surface area contributed by atoms with E-state index in [9.17, 15) is 8.42 Å². The van der Waals surface area contributed by atoms with E-state index in [2.05, 4.69) is 4.98 Å².